The lowest BCUT2D eigenvalue weighted by Gasteiger charge is -2.55. The van der Waals surface area contributed by atoms with E-state index >= 15 is 0 Å². The molecule has 0 bridgehead atoms. The number of ether oxygens (including phenoxy) is 1. The fourth-order valence-electron chi connectivity index (χ4n) is 5.96. The highest BCUT2D eigenvalue weighted by atomic mass is 16.5. The number of likely N-dealkylation sites (tertiary alicyclic amines) is 1. The molecule has 1 aliphatic rings. The van der Waals surface area contributed by atoms with Crippen LogP contribution in [0, 0.1) is 0 Å². The van der Waals surface area contributed by atoms with E-state index in [0.717, 1.165) is 38.0 Å². The Morgan fingerprint density at radius 2 is 1.19 bits per heavy atom. The molecule has 0 unspecified atom stereocenters. The molecular weight excluding hydrogens is 438 g/mol. The van der Waals surface area contributed by atoms with Crippen molar-refractivity contribution in [1.82, 2.24) is 4.90 Å². The molecule has 0 amide bonds. The van der Waals surface area contributed by atoms with Crippen LogP contribution in [-0.4, -0.2) is 22.6 Å². The van der Waals surface area contributed by atoms with Crippen LogP contribution in [-0.2, 0) is 0 Å². The minimum Gasteiger partial charge on any atom is -0.494 e. The highest BCUT2D eigenvalue weighted by molar-refractivity contribution is 5.70. The highest BCUT2D eigenvalue weighted by Crippen LogP contribution is 2.46. The maximum Gasteiger partial charge on any atom is 0.119 e. The average molecular weight is 482 g/mol. The van der Waals surface area contributed by atoms with Gasteiger partial charge in [-0.1, -0.05) is 80.1 Å². The first-order chi connectivity index (χ1) is 17.2. The Kier molecular flexibility index (Phi) is 7.93. The standard InChI is InChI=1S/C34H43NO/c1-7-9-23-36-32-20-18-29(19-21-32)28-12-10-26(11-13-28)27-14-16-30(17-15-27)31-24-33(3,4)35(22-8-2)34(5,6)25-31/h8,10-22,31H,7,9,23-25H2,1-6H3/b22-8+. The van der Waals surface area contributed by atoms with Crippen LogP contribution in [0.2, 0.25) is 0 Å². The minimum absolute atomic E-state index is 0.132. The normalized spacial score (nSPS) is 17.4. The molecule has 1 aliphatic heterocycles. The smallest absolute Gasteiger partial charge is 0.119 e. The molecule has 0 spiro atoms. The first-order valence-electron chi connectivity index (χ1n) is 13.6. The van der Waals surface area contributed by atoms with Crippen LogP contribution in [0.15, 0.2) is 85.1 Å². The van der Waals surface area contributed by atoms with E-state index in [2.05, 4.69) is 132 Å². The van der Waals surface area contributed by atoms with Gasteiger partial charge in [-0.3, -0.25) is 0 Å². The predicted molar refractivity (Wildman–Crippen MR) is 155 cm³/mol. The summed E-state index contributed by atoms with van der Waals surface area (Å²) in [5.41, 5.74) is 6.70. The van der Waals surface area contributed by atoms with Crippen LogP contribution in [0.4, 0.5) is 0 Å². The van der Waals surface area contributed by atoms with Crippen molar-refractivity contribution in [2.75, 3.05) is 6.61 Å². The Labute approximate surface area is 219 Å². The van der Waals surface area contributed by atoms with Crippen LogP contribution in [0.25, 0.3) is 22.3 Å². The Hall–Kier alpha value is -3.00. The molecule has 0 radical (unpaired) electrons. The third-order valence-corrected chi connectivity index (χ3v) is 7.65. The quantitative estimate of drug-likeness (QED) is 0.297. The molecule has 2 nitrogen and oxygen atoms in total. The van der Waals surface area contributed by atoms with Crippen LogP contribution in [0.3, 0.4) is 0 Å². The van der Waals surface area contributed by atoms with E-state index in [4.69, 9.17) is 4.74 Å². The summed E-state index contributed by atoms with van der Waals surface area (Å²) in [5.74, 6) is 1.52. The maximum atomic E-state index is 5.80. The Balaban J connectivity index is 1.45. The third kappa shape index (κ3) is 5.86. The summed E-state index contributed by atoms with van der Waals surface area (Å²) >= 11 is 0. The van der Waals surface area contributed by atoms with Gasteiger partial charge in [0.15, 0.2) is 0 Å². The van der Waals surface area contributed by atoms with Crippen molar-refractivity contribution in [3.63, 3.8) is 0 Å². The zero-order valence-corrected chi connectivity index (χ0v) is 23.1. The number of piperidine rings is 1. The summed E-state index contributed by atoms with van der Waals surface area (Å²) in [6.45, 7) is 14.6. The first-order valence-corrected chi connectivity index (χ1v) is 13.6. The fraction of sp³-hybridized carbons (Fsp3) is 0.412. The molecule has 1 saturated heterocycles. The van der Waals surface area contributed by atoms with Crippen molar-refractivity contribution in [2.45, 2.75) is 84.2 Å². The van der Waals surface area contributed by atoms with Crippen LogP contribution >= 0.6 is 0 Å². The molecule has 1 fully saturated rings. The van der Waals surface area contributed by atoms with Gasteiger partial charge in [-0.15, -0.1) is 0 Å². The van der Waals surface area contributed by atoms with E-state index in [1.54, 1.807) is 0 Å². The fourth-order valence-corrected chi connectivity index (χ4v) is 5.96. The molecule has 1 heterocycles. The van der Waals surface area contributed by atoms with Gasteiger partial charge >= 0.3 is 0 Å². The monoisotopic (exact) mass is 481 g/mol. The van der Waals surface area contributed by atoms with Gasteiger partial charge in [0.05, 0.1) is 6.61 Å². The molecule has 3 aromatic rings. The SMILES string of the molecule is C/C=C/N1C(C)(C)CC(c2ccc(-c3ccc(-c4ccc(OCCCC)cc4)cc3)cc2)CC1(C)C. The maximum absolute atomic E-state index is 5.80. The van der Waals surface area contributed by atoms with Crippen molar-refractivity contribution in [3.8, 4) is 28.0 Å². The number of unbranched alkanes of at least 4 members (excludes halogenated alkanes) is 1. The van der Waals surface area contributed by atoms with Crippen molar-refractivity contribution in [3.05, 3.63) is 90.6 Å². The summed E-state index contributed by atoms with van der Waals surface area (Å²) in [7, 11) is 0. The van der Waals surface area contributed by atoms with E-state index in [-0.39, 0.29) is 11.1 Å². The number of hydrogen-bond donors (Lipinski definition) is 0. The van der Waals surface area contributed by atoms with E-state index in [9.17, 15) is 0 Å². The summed E-state index contributed by atoms with van der Waals surface area (Å²) in [6, 6.07) is 26.6. The average Bonchev–Trinajstić information content (AvgIpc) is 2.87. The lowest BCUT2D eigenvalue weighted by Crippen LogP contribution is -2.57. The molecule has 4 rings (SSSR count). The van der Waals surface area contributed by atoms with Crippen molar-refractivity contribution in [2.24, 2.45) is 0 Å². The molecule has 2 heteroatoms. The third-order valence-electron chi connectivity index (χ3n) is 7.65. The van der Waals surface area contributed by atoms with Crippen LogP contribution in [0.1, 0.15) is 78.7 Å². The number of benzene rings is 3. The van der Waals surface area contributed by atoms with Gasteiger partial charge in [-0.2, -0.15) is 0 Å². The lowest BCUT2D eigenvalue weighted by atomic mass is 9.71. The Morgan fingerprint density at radius 3 is 1.64 bits per heavy atom. The number of allylic oxidation sites excluding steroid dienone is 1. The minimum atomic E-state index is 0.132. The zero-order chi connectivity index (χ0) is 25.8. The molecule has 0 aromatic heterocycles. The summed E-state index contributed by atoms with van der Waals surface area (Å²) in [4.78, 5) is 2.56. The topological polar surface area (TPSA) is 12.5 Å². The second-order valence-electron chi connectivity index (χ2n) is 11.5. The number of rotatable bonds is 8. The van der Waals surface area contributed by atoms with E-state index in [1.807, 2.05) is 0 Å². The van der Waals surface area contributed by atoms with Crippen LogP contribution < -0.4 is 4.74 Å². The summed E-state index contributed by atoms with van der Waals surface area (Å²) in [5, 5.41) is 0. The molecule has 0 atom stereocenters. The van der Waals surface area contributed by atoms with Crippen molar-refractivity contribution >= 4 is 0 Å². The molecular formula is C34H43NO. The molecule has 0 N–H and O–H groups in total. The van der Waals surface area contributed by atoms with Gasteiger partial charge in [0.1, 0.15) is 5.75 Å². The lowest BCUT2D eigenvalue weighted by molar-refractivity contribution is 0.00728. The molecule has 0 saturated carbocycles. The first kappa shape index (κ1) is 26.1. The van der Waals surface area contributed by atoms with Crippen molar-refractivity contribution in [1.29, 1.82) is 0 Å². The van der Waals surface area contributed by atoms with Gasteiger partial charge in [-0.05, 0) is 106 Å². The number of hydrogen-bond acceptors (Lipinski definition) is 2. The van der Waals surface area contributed by atoms with E-state index < -0.39 is 0 Å². The molecule has 0 aliphatic carbocycles. The number of nitrogens with zero attached hydrogens (tertiary/aromatic N) is 1. The highest BCUT2D eigenvalue weighted by Gasteiger charge is 2.43. The van der Waals surface area contributed by atoms with Gasteiger partial charge in [-0.25, -0.2) is 0 Å². The predicted octanol–water partition coefficient (Wildman–Crippen LogP) is 9.47. The van der Waals surface area contributed by atoms with Gasteiger partial charge in [0, 0.05) is 11.1 Å². The second-order valence-corrected chi connectivity index (χ2v) is 11.5. The Bertz CT molecular complexity index is 1120. The summed E-state index contributed by atoms with van der Waals surface area (Å²) in [6.07, 6.45) is 9.02. The largest absolute Gasteiger partial charge is 0.494 e. The van der Waals surface area contributed by atoms with Gasteiger partial charge < -0.3 is 9.64 Å². The van der Waals surface area contributed by atoms with Gasteiger partial charge in [0.25, 0.3) is 0 Å². The zero-order valence-electron chi connectivity index (χ0n) is 23.1. The van der Waals surface area contributed by atoms with E-state index in [0.29, 0.717) is 5.92 Å². The molecule has 3 aromatic carbocycles. The second kappa shape index (κ2) is 10.9. The van der Waals surface area contributed by atoms with Crippen LogP contribution in [0.5, 0.6) is 5.75 Å². The van der Waals surface area contributed by atoms with Gasteiger partial charge in [0.2, 0.25) is 0 Å². The summed E-state index contributed by atoms with van der Waals surface area (Å²) < 4.78 is 5.80. The van der Waals surface area contributed by atoms with Crippen molar-refractivity contribution < 1.29 is 4.74 Å². The molecule has 36 heavy (non-hydrogen) atoms. The molecule has 190 valence electrons. The Morgan fingerprint density at radius 1 is 0.750 bits per heavy atom. The van der Waals surface area contributed by atoms with E-state index in [1.165, 1.54) is 27.8 Å².